The van der Waals surface area contributed by atoms with Crippen LogP contribution in [0.15, 0.2) is 42.5 Å². The van der Waals surface area contributed by atoms with Crippen molar-refractivity contribution >= 4 is 17.4 Å². The molecule has 1 N–H and O–H groups in total. The predicted octanol–water partition coefficient (Wildman–Crippen LogP) is 5.02. The van der Waals surface area contributed by atoms with E-state index in [0.717, 1.165) is 18.8 Å². The molecule has 8 heteroatoms. The Balaban J connectivity index is 1.75. The molecule has 1 aromatic heterocycles. The fourth-order valence-electron chi connectivity index (χ4n) is 4.22. The van der Waals surface area contributed by atoms with Crippen molar-refractivity contribution < 1.29 is 9.18 Å². The van der Waals surface area contributed by atoms with Gasteiger partial charge in [0.1, 0.15) is 5.82 Å². The summed E-state index contributed by atoms with van der Waals surface area (Å²) in [5, 5.41) is 12.8. The second kappa shape index (κ2) is 10.8. The molecule has 1 saturated carbocycles. The number of rotatable bonds is 11. The van der Waals surface area contributed by atoms with Crippen LogP contribution in [0.3, 0.4) is 0 Å². The number of halogens is 2. The molecule has 0 radical (unpaired) electrons. The van der Waals surface area contributed by atoms with E-state index in [-0.39, 0.29) is 16.1 Å². The summed E-state index contributed by atoms with van der Waals surface area (Å²) in [4.78, 5) is 15.5. The molecule has 6 nitrogen and oxygen atoms in total. The predicted molar refractivity (Wildman–Crippen MR) is 132 cm³/mol. The van der Waals surface area contributed by atoms with Gasteiger partial charge in [0.05, 0.1) is 34.9 Å². The van der Waals surface area contributed by atoms with Gasteiger partial charge in [-0.15, -0.1) is 10.2 Å². The van der Waals surface area contributed by atoms with E-state index in [4.69, 9.17) is 11.6 Å². The van der Waals surface area contributed by atoms with Crippen molar-refractivity contribution in [3.63, 3.8) is 0 Å². The third-order valence-electron chi connectivity index (χ3n) is 6.19. The van der Waals surface area contributed by atoms with E-state index in [2.05, 4.69) is 22.4 Å². The van der Waals surface area contributed by atoms with Crippen molar-refractivity contribution in [3.8, 4) is 5.69 Å². The van der Waals surface area contributed by atoms with Crippen LogP contribution in [0.5, 0.6) is 0 Å². The van der Waals surface area contributed by atoms with Crippen LogP contribution < -0.4 is 5.32 Å². The van der Waals surface area contributed by atoms with Crippen LogP contribution >= 0.6 is 11.6 Å². The topological polar surface area (TPSA) is 63.1 Å². The van der Waals surface area contributed by atoms with Gasteiger partial charge in [-0.05, 0) is 57.1 Å². The van der Waals surface area contributed by atoms with E-state index in [1.807, 2.05) is 29.6 Å². The number of hydrogen-bond donors (Lipinski definition) is 1. The van der Waals surface area contributed by atoms with Gasteiger partial charge >= 0.3 is 0 Å². The number of nitrogens with zero attached hydrogens (tertiary/aromatic N) is 4. The van der Waals surface area contributed by atoms with Crippen LogP contribution in [-0.4, -0.2) is 45.6 Å². The normalized spacial score (nSPS) is 14.5. The molecule has 3 aromatic rings. The molecule has 0 saturated heterocycles. The lowest BCUT2D eigenvalue weighted by molar-refractivity contribution is 0.103. The highest BCUT2D eigenvalue weighted by atomic mass is 35.5. The molecule has 34 heavy (non-hydrogen) atoms. The van der Waals surface area contributed by atoms with Gasteiger partial charge in [-0.1, -0.05) is 49.6 Å². The quantitative estimate of drug-likeness (QED) is 0.388. The first kappa shape index (κ1) is 24.5. The van der Waals surface area contributed by atoms with E-state index in [0.29, 0.717) is 36.5 Å². The molecule has 1 unspecified atom stereocenters. The van der Waals surface area contributed by atoms with Gasteiger partial charge in [-0.25, -0.2) is 4.39 Å². The second-order valence-electron chi connectivity index (χ2n) is 9.21. The van der Waals surface area contributed by atoms with Gasteiger partial charge in [0, 0.05) is 6.04 Å². The van der Waals surface area contributed by atoms with Gasteiger partial charge in [-0.2, -0.15) is 0 Å². The molecule has 180 valence electrons. The van der Waals surface area contributed by atoms with E-state index in [9.17, 15) is 9.18 Å². The first-order chi connectivity index (χ1) is 16.4. The molecule has 0 amide bonds. The Morgan fingerprint density at radius 3 is 2.59 bits per heavy atom. The summed E-state index contributed by atoms with van der Waals surface area (Å²) in [6.07, 6.45) is 4.81. The summed E-state index contributed by atoms with van der Waals surface area (Å²) in [6.45, 7) is 3.21. The number of carbonyl (C=O) groups is 1. The fraction of sp³-hybridized carbons (Fsp3) is 0.423. The number of carbonyl (C=O) groups excluding carboxylic acids is 1. The van der Waals surface area contributed by atoms with Crippen molar-refractivity contribution in [3.05, 3.63) is 76.1 Å². The maximum absolute atomic E-state index is 14.5. The van der Waals surface area contributed by atoms with E-state index in [1.165, 1.54) is 25.0 Å². The molecule has 0 spiro atoms. The van der Waals surface area contributed by atoms with Crippen LogP contribution in [-0.2, 0) is 13.1 Å². The largest absolute Gasteiger partial charge is 0.307 e. The number of benzene rings is 2. The second-order valence-corrected chi connectivity index (χ2v) is 9.62. The minimum Gasteiger partial charge on any atom is -0.307 e. The van der Waals surface area contributed by atoms with Crippen LogP contribution in [0.25, 0.3) is 5.69 Å². The van der Waals surface area contributed by atoms with Crippen molar-refractivity contribution in [2.75, 3.05) is 14.1 Å². The summed E-state index contributed by atoms with van der Waals surface area (Å²) in [5.41, 5.74) is 0.768. The van der Waals surface area contributed by atoms with Gasteiger partial charge in [0.15, 0.2) is 17.4 Å². The van der Waals surface area contributed by atoms with Crippen LogP contribution in [0.1, 0.15) is 60.2 Å². The summed E-state index contributed by atoms with van der Waals surface area (Å²) in [7, 11) is 3.89. The average Bonchev–Trinajstić information content (AvgIpc) is 3.55. The van der Waals surface area contributed by atoms with Crippen LogP contribution in [0, 0.1) is 11.7 Å². The van der Waals surface area contributed by atoms with Gasteiger partial charge in [0.25, 0.3) is 0 Å². The molecule has 1 aliphatic carbocycles. The van der Waals surface area contributed by atoms with Gasteiger partial charge < -0.3 is 10.2 Å². The minimum absolute atomic E-state index is 0.0192. The first-order valence-corrected chi connectivity index (χ1v) is 12.2. The zero-order valence-electron chi connectivity index (χ0n) is 19.9. The fourth-order valence-corrected chi connectivity index (χ4v) is 4.48. The summed E-state index contributed by atoms with van der Waals surface area (Å²) < 4.78 is 16.4. The number of hydrogen-bond acceptors (Lipinski definition) is 5. The lowest BCUT2D eigenvalue weighted by atomic mass is 10.0. The first-order valence-electron chi connectivity index (χ1n) is 11.8. The van der Waals surface area contributed by atoms with Crippen LogP contribution in [0.4, 0.5) is 4.39 Å². The molecule has 1 aliphatic rings. The zero-order valence-corrected chi connectivity index (χ0v) is 20.6. The van der Waals surface area contributed by atoms with Crippen molar-refractivity contribution in [1.29, 1.82) is 0 Å². The monoisotopic (exact) mass is 483 g/mol. The van der Waals surface area contributed by atoms with Crippen molar-refractivity contribution in [2.45, 2.75) is 51.7 Å². The lowest BCUT2D eigenvalue weighted by Crippen LogP contribution is -2.30. The Labute approximate surface area is 205 Å². The standard InChI is InChI=1S/C26H31ClFN5O/c1-4-18(14-17-12-13-17)29-15-23-30-31-24(16-32(2)3)33(23)22-11-7-9-20(27)25(22)26(34)19-8-5-6-10-21(19)28/h5-11,17-18,29H,4,12-16H2,1-3H3. The average molecular weight is 484 g/mol. The lowest BCUT2D eigenvalue weighted by Gasteiger charge is -2.19. The number of ketones is 1. The van der Waals surface area contributed by atoms with Gasteiger partial charge in [0.2, 0.25) is 0 Å². The highest BCUT2D eigenvalue weighted by Gasteiger charge is 2.27. The molecule has 0 aliphatic heterocycles. The molecule has 2 aromatic carbocycles. The Morgan fingerprint density at radius 1 is 1.18 bits per heavy atom. The highest BCUT2D eigenvalue weighted by Crippen LogP contribution is 2.34. The minimum atomic E-state index is -0.580. The van der Waals surface area contributed by atoms with E-state index in [1.54, 1.807) is 24.3 Å². The molecule has 0 bridgehead atoms. The summed E-state index contributed by atoms with van der Waals surface area (Å²) >= 11 is 6.54. The number of nitrogens with one attached hydrogen (secondary N) is 1. The summed E-state index contributed by atoms with van der Waals surface area (Å²) in [5.74, 6) is 1.14. The maximum Gasteiger partial charge on any atom is 0.199 e. The van der Waals surface area contributed by atoms with Crippen LogP contribution in [0.2, 0.25) is 5.02 Å². The molecule has 1 heterocycles. The third-order valence-corrected chi connectivity index (χ3v) is 6.50. The molecule has 4 rings (SSSR count). The maximum atomic E-state index is 14.5. The highest BCUT2D eigenvalue weighted by molar-refractivity contribution is 6.35. The zero-order chi connectivity index (χ0) is 24.2. The smallest absolute Gasteiger partial charge is 0.199 e. The Morgan fingerprint density at radius 2 is 1.91 bits per heavy atom. The van der Waals surface area contributed by atoms with Gasteiger partial charge in [-0.3, -0.25) is 9.36 Å². The molecular formula is C26H31ClFN5O. The van der Waals surface area contributed by atoms with E-state index >= 15 is 0 Å². The Bertz CT molecular complexity index is 1160. The number of aromatic nitrogens is 3. The third kappa shape index (κ3) is 5.54. The summed E-state index contributed by atoms with van der Waals surface area (Å²) in [6, 6.07) is 11.6. The molecule has 1 fully saturated rings. The van der Waals surface area contributed by atoms with E-state index < -0.39 is 11.6 Å². The molecule has 1 atom stereocenters. The van der Waals surface area contributed by atoms with Crippen molar-refractivity contribution in [1.82, 2.24) is 25.0 Å². The Kier molecular flexibility index (Phi) is 7.76. The van der Waals surface area contributed by atoms with Crippen molar-refractivity contribution in [2.24, 2.45) is 5.92 Å². The molecular weight excluding hydrogens is 453 g/mol. The Hall–Kier alpha value is -2.61. The SMILES string of the molecule is CCC(CC1CC1)NCc1nnc(CN(C)C)n1-c1cccc(Cl)c1C(=O)c1ccccc1F.